The summed E-state index contributed by atoms with van der Waals surface area (Å²) < 4.78 is 0. The quantitative estimate of drug-likeness (QED) is 0.515. The Kier molecular flexibility index (Phi) is 7.11. The van der Waals surface area contributed by atoms with Gasteiger partial charge in [0.25, 0.3) is 0 Å². The van der Waals surface area contributed by atoms with Gasteiger partial charge in [-0.25, -0.2) is 0 Å². The van der Waals surface area contributed by atoms with E-state index in [1.807, 2.05) is 66.7 Å². The van der Waals surface area contributed by atoms with Crippen molar-refractivity contribution >= 4 is 17.7 Å². The molecule has 2 nitrogen and oxygen atoms in total. The highest BCUT2D eigenvalue weighted by atomic mass is 32.2. The van der Waals surface area contributed by atoms with Crippen LogP contribution in [-0.4, -0.2) is 11.9 Å². The summed E-state index contributed by atoms with van der Waals surface area (Å²) in [5, 5.41) is 2.95. The van der Waals surface area contributed by atoms with Crippen LogP contribution in [0.1, 0.15) is 29.7 Å². The molecule has 0 saturated heterocycles. The lowest BCUT2D eigenvalue weighted by Crippen LogP contribution is -2.35. The summed E-state index contributed by atoms with van der Waals surface area (Å²) in [5.41, 5.74) is 2.33. The number of rotatable bonds is 8. The molecule has 0 radical (unpaired) electrons. The molecule has 0 heterocycles. The van der Waals surface area contributed by atoms with E-state index >= 15 is 0 Å². The Labute approximate surface area is 166 Å². The summed E-state index contributed by atoms with van der Waals surface area (Å²) >= 11 is 1.59. The van der Waals surface area contributed by atoms with Gasteiger partial charge in [-0.3, -0.25) is 4.79 Å². The number of nitrogens with one attached hydrogen (secondary N) is 1. The van der Waals surface area contributed by atoms with Gasteiger partial charge >= 0.3 is 0 Å². The number of carbonyl (C=O) groups is 1. The van der Waals surface area contributed by atoms with Crippen LogP contribution in [0.25, 0.3) is 0 Å². The van der Waals surface area contributed by atoms with Gasteiger partial charge in [0.15, 0.2) is 0 Å². The molecule has 3 rings (SSSR count). The maximum atomic E-state index is 13.0. The highest BCUT2D eigenvalue weighted by Crippen LogP contribution is 2.35. The minimum absolute atomic E-state index is 0.0654. The van der Waals surface area contributed by atoms with E-state index in [-0.39, 0.29) is 17.2 Å². The van der Waals surface area contributed by atoms with Gasteiger partial charge < -0.3 is 5.32 Å². The molecule has 0 aliphatic rings. The van der Waals surface area contributed by atoms with Gasteiger partial charge in [0.2, 0.25) is 5.91 Å². The zero-order valence-electron chi connectivity index (χ0n) is 15.5. The lowest BCUT2D eigenvalue weighted by atomic mass is 10.1. The zero-order chi connectivity index (χ0) is 18.9. The van der Waals surface area contributed by atoms with Crippen LogP contribution in [0.15, 0.2) is 95.9 Å². The summed E-state index contributed by atoms with van der Waals surface area (Å²) in [7, 11) is 0. The fourth-order valence-electron chi connectivity index (χ4n) is 2.95. The van der Waals surface area contributed by atoms with Crippen LogP contribution in [0.4, 0.5) is 0 Å². The number of amides is 1. The van der Waals surface area contributed by atoms with Gasteiger partial charge in [-0.1, -0.05) is 78.9 Å². The molecule has 1 N–H and O–H groups in total. The second-order valence-electron chi connectivity index (χ2n) is 6.66. The minimum atomic E-state index is -0.257. The van der Waals surface area contributed by atoms with Gasteiger partial charge in [0, 0.05) is 10.9 Å². The first-order valence-corrected chi connectivity index (χ1v) is 10.2. The molecule has 138 valence electrons. The first-order chi connectivity index (χ1) is 13.2. The Bertz CT molecular complexity index is 821. The van der Waals surface area contributed by atoms with Crippen molar-refractivity contribution in [3.63, 3.8) is 0 Å². The van der Waals surface area contributed by atoms with E-state index in [2.05, 4.69) is 36.5 Å². The number of hydrogen-bond acceptors (Lipinski definition) is 2. The fraction of sp³-hybridized carbons (Fsp3) is 0.208. The van der Waals surface area contributed by atoms with E-state index in [9.17, 15) is 4.79 Å². The molecule has 2 atom stereocenters. The van der Waals surface area contributed by atoms with Crippen LogP contribution in [0.3, 0.4) is 0 Å². The van der Waals surface area contributed by atoms with Crippen molar-refractivity contribution < 1.29 is 4.79 Å². The molecule has 3 aromatic carbocycles. The van der Waals surface area contributed by atoms with Crippen LogP contribution < -0.4 is 5.32 Å². The molecule has 0 aliphatic carbocycles. The van der Waals surface area contributed by atoms with Crippen LogP contribution in [0, 0.1) is 0 Å². The highest BCUT2D eigenvalue weighted by Gasteiger charge is 2.23. The smallest absolute Gasteiger partial charge is 0.238 e. The van der Waals surface area contributed by atoms with E-state index in [0.717, 1.165) is 23.3 Å². The van der Waals surface area contributed by atoms with E-state index in [1.54, 1.807) is 11.8 Å². The van der Waals surface area contributed by atoms with Crippen LogP contribution in [0.2, 0.25) is 0 Å². The standard InChI is InChI=1S/C24H25NOS/c1-19(17-18-20-11-5-2-6-12-20)25-24(26)23(21-13-7-3-8-14-21)27-22-15-9-4-10-16-22/h2-16,19,23H,17-18H2,1H3,(H,25,26)/t19-,23-/m0/s1. The summed E-state index contributed by atoms with van der Waals surface area (Å²) in [4.78, 5) is 14.1. The van der Waals surface area contributed by atoms with Crippen molar-refractivity contribution in [2.24, 2.45) is 0 Å². The molecule has 1 amide bonds. The van der Waals surface area contributed by atoms with Gasteiger partial charge in [-0.05, 0) is 43.0 Å². The van der Waals surface area contributed by atoms with Crippen LogP contribution in [0.5, 0.6) is 0 Å². The lowest BCUT2D eigenvalue weighted by Gasteiger charge is -2.20. The number of carbonyl (C=O) groups excluding carboxylic acids is 1. The highest BCUT2D eigenvalue weighted by molar-refractivity contribution is 8.00. The third-order valence-electron chi connectivity index (χ3n) is 4.44. The molecular weight excluding hydrogens is 350 g/mol. The average Bonchev–Trinajstić information content (AvgIpc) is 2.72. The molecule has 3 heteroatoms. The number of benzene rings is 3. The molecule has 0 spiro atoms. The average molecular weight is 376 g/mol. The Morgan fingerprint density at radius 2 is 1.41 bits per heavy atom. The van der Waals surface area contributed by atoms with Crippen molar-refractivity contribution in [2.45, 2.75) is 36.0 Å². The SMILES string of the molecule is C[C@@H](CCc1ccccc1)NC(=O)[C@@H](Sc1ccccc1)c1ccccc1. The maximum Gasteiger partial charge on any atom is 0.238 e. The first kappa shape index (κ1) is 19.2. The predicted octanol–water partition coefficient (Wildman–Crippen LogP) is 5.66. The summed E-state index contributed by atoms with van der Waals surface area (Å²) in [6.07, 6.45) is 1.89. The summed E-state index contributed by atoms with van der Waals surface area (Å²) in [6.45, 7) is 2.08. The molecule has 0 saturated carbocycles. The van der Waals surface area contributed by atoms with E-state index in [4.69, 9.17) is 0 Å². The Hall–Kier alpha value is -2.52. The predicted molar refractivity (Wildman–Crippen MR) is 114 cm³/mol. The zero-order valence-corrected chi connectivity index (χ0v) is 16.4. The van der Waals surface area contributed by atoms with Gasteiger partial charge in [0.05, 0.1) is 0 Å². The monoisotopic (exact) mass is 375 g/mol. The van der Waals surface area contributed by atoms with E-state index < -0.39 is 0 Å². The largest absolute Gasteiger partial charge is 0.352 e. The molecule has 27 heavy (non-hydrogen) atoms. The van der Waals surface area contributed by atoms with E-state index in [0.29, 0.717) is 0 Å². The van der Waals surface area contributed by atoms with Crippen molar-refractivity contribution in [3.8, 4) is 0 Å². The van der Waals surface area contributed by atoms with Gasteiger partial charge in [0.1, 0.15) is 5.25 Å². The van der Waals surface area contributed by atoms with Crippen molar-refractivity contribution in [3.05, 3.63) is 102 Å². The second-order valence-corrected chi connectivity index (χ2v) is 7.83. The van der Waals surface area contributed by atoms with Crippen LogP contribution >= 0.6 is 11.8 Å². The van der Waals surface area contributed by atoms with E-state index in [1.165, 1.54) is 5.56 Å². The van der Waals surface area contributed by atoms with Crippen molar-refractivity contribution in [1.82, 2.24) is 5.32 Å². The third kappa shape index (κ3) is 6.00. The van der Waals surface area contributed by atoms with Gasteiger partial charge in [-0.2, -0.15) is 0 Å². The second kappa shape index (κ2) is 9.98. The topological polar surface area (TPSA) is 29.1 Å². The maximum absolute atomic E-state index is 13.0. The Balaban J connectivity index is 1.65. The minimum Gasteiger partial charge on any atom is -0.352 e. The normalized spacial score (nSPS) is 12.9. The molecule has 0 unspecified atom stereocenters. The number of aryl methyl sites for hydroxylation is 1. The third-order valence-corrected chi connectivity index (χ3v) is 5.70. The molecule has 3 aromatic rings. The molecule has 0 bridgehead atoms. The summed E-state index contributed by atoms with van der Waals surface area (Å²) in [6, 6.07) is 30.6. The molecular formula is C24H25NOS. The Morgan fingerprint density at radius 1 is 0.852 bits per heavy atom. The van der Waals surface area contributed by atoms with Crippen molar-refractivity contribution in [1.29, 1.82) is 0 Å². The molecule has 0 fully saturated rings. The fourth-order valence-corrected chi connectivity index (χ4v) is 4.01. The molecule has 0 aromatic heterocycles. The first-order valence-electron chi connectivity index (χ1n) is 9.33. The van der Waals surface area contributed by atoms with Crippen LogP contribution in [-0.2, 0) is 11.2 Å². The summed E-state index contributed by atoms with van der Waals surface area (Å²) in [5.74, 6) is 0.0654. The lowest BCUT2D eigenvalue weighted by molar-refractivity contribution is -0.121. The molecule has 0 aliphatic heterocycles. The Morgan fingerprint density at radius 3 is 2.04 bits per heavy atom. The van der Waals surface area contributed by atoms with Gasteiger partial charge in [-0.15, -0.1) is 11.8 Å². The number of thioether (sulfide) groups is 1. The number of hydrogen-bond donors (Lipinski definition) is 1. The van der Waals surface area contributed by atoms with Crippen molar-refractivity contribution in [2.75, 3.05) is 0 Å².